The molecule has 2 N–H and O–H groups in total. The number of aryl methyl sites for hydroxylation is 1. The molecule has 0 saturated carbocycles. The second-order valence-corrected chi connectivity index (χ2v) is 6.48. The molecule has 17 heavy (non-hydrogen) atoms. The Morgan fingerprint density at radius 3 is 2.53 bits per heavy atom. The minimum Gasteiger partial charge on any atom is -0.311 e. The third kappa shape index (κ3) is 5.84. The average molecular weight is 346 g/mol. The number of rotatable bonds is 5. The lowest BCUT2D eigenvalue weighted by Crippen LogP contribution is -2.40. The largest absolute Gasteiger partial charge is 0.311 e. The molecule has 0 amide bonds. The van der Waals surface area contributed by atoms with Crippen LogP contribution in [0.1, 0.15) is 31.9 Å². The summed E-state index contributed by atoms with van der Waals surface area (Å²) in [6.07, 6.45) is 0. The summed E-state index contributed by atoms with van der Waals surface area (Å²) in [5.74, 6) is 0. The molecule has 0 saturated heterocycles. The van der Waals surface area contributed by atoms with Crippen molar-refractivity contribution in [2.45, 2.75) is 39.8 Å². The van der Waals surface area contributed by atoms with Crippen LogP contribution >= 0.6 is 22.6 Å². The molecule has 1 aromatic rings. The van der Waals surface area contributed by atoms with Crippen LogP contribution in [0.15, 0.2) is 18.2 Å². The highest BCUT2D eigenvalue weighted by molar-refractivity contribution is 14.1. The second-order valence-electron chi connectivity index (χ2n) is 5.40. The number of hydrogen-bond donors (Lipinski definition) is 2. The first-order chi connectivity index (χ1) is 7.90. The summed E-state index contributed by atoms with van der Waals surface area (Å²) in [6.45, 7) is 11.7. The molecule has 0 spiro atoms. The highest BCUT2D eigenvalue weighted by atomic mass is 127. The number of halogens is 1. The van der Waals surface area contributed by atoms with Crippen molar-refractivity contribution in [1.29, 1.82) is 0 Å². The Hall–Kier alpha value is -0.130. The lowest BCUT2D eigenvalue weighted by atomic mass is 10.1. The molecule has 0 aliphatic rings. The molecule has 0 heterocycles. The molecule has 1 aromatic carbocycles. The Labute approximate surface area is 119 Å². The Kier molecular flexibility index (Phi) is 5.89. The van der Waals surface area contributed by atoms with Crippen LogP contribution in [0.25, 0.3) is 0 Å². The zero-order valence-corrected chi connectivity index (χ0v) is 13.4. The van der Waals surface area contributed by atoms with E-state index in [2.05, 4.69) is 79.1 Å². The Bertz CT molecular complexity index is 356. The van der Waals surface area contributed by atoms with E-state index < -0.39 is 0 Å². The fraction of sp³-hybridized carbons (Fsp3) is 0.571. The van der Waals surface area contributed by atoms with Gasteiger partial charge < -0.3 is 10.6 Å². The molecule has 96 valence electrons. The highest BCUT2D eigenvalue weighted by Gasteiger charge is 2.07. The van der Waals surface area contributed by atoms with Gasteiger partial charge in [0.2, 0.25) is 0 Å². The first kappa shape index (κ1) is 14.9. The van der Waals surface area contributed by atoms with E-state index in [0.717, 1.165) is 19.6 Å². The summed E-state index contributed by atoms with van der Waals surface area (Å²) >= 11 is 2.42. The van der Waals surface area contributed by atoms with Gasteiger partial charge in [-0.1, -0.05) is 18.2 Å². The van der Waals surface area contributed by atoms with E-state index in [9.17, 15) is 0 Å². The maximum atomic E-state index is 3.48. The molecule has 0 bridgehead atoms. The Morgan fingerprint density at radius 1 is 1.18 bits per heavy atom. The summed E-state index contributed by atoms with van der Waals surface area (Å²) in [7, 11) is 0. The van der Waals surface area contributed by atoms with Crippen LogP contribution < -0.4 is 10.6 Å². The van der Waals surface area contributed by atoms with Crippen molar-refractivity contribution in [3.05, 3.63) is 32.9 Å². The maximum Gasteiger partial charge on any atom is 0.0216 e. The van der Waals surface area contributed by atoms with Gasteiger partial charge in [-0.3, -0.25) is 0 Å². The Morgan fingerprint density at radius 2 is 1.88 bits per heavy atom. The van der Waals surface area contributed by atoms with Crippen molar-refractivity contribution >= 4 is 22.6 Å². The minimum atomic E-state index is 0.208. The molecule has 3 heteroatoms. The van der Waals surface area contributed by atoms with Crippen molar-refractivity contribution in [1.82, 2.24) is 10.6 Å². The predicted molar refractivity (Wildman–Crippen MR) is 83.4 cm³/mol. The van der Waals surface area contributed by atoms with Crippen LogP contribution in [0.3, 0.4) is 0 Å². The fourth-order valence-electron chi connectivity index (χ4n) is 1.59. The van der Waals surface area contributed by atoms with E-state index in [1.807, 2.05) is 0 Å². The first-order valence-corrected chi connectivity index (χ1v) is 7.18. The quantitative estimate of drug-likeness (QED) is 0.633. The van der Waals surface area contributed by atoms with E-state index in [0.29, 0.717) is 0 Å². The predicted octanol–water partition coefficient (Wildman–Crippen LogP) is 3.08. The van der Waals surface area contributed by atoms with Crippen LogP contribution in [-0.4, -0.2) is 18.6 Å². The molecular weight excluding hydrogens is 323 g/mol. The molecule has 1 rings (SSSR count). The van der Waals surface area contributed by atoms with E-state index >= 15 is 0 Å². The number of nitrogens with one attached hydrogen (secondary N) is 2. The van der Waals surface area contributed by atoms with Crippen LogP contribution in [0, 0.1) is 10.5 Å². The average Bonchev–Trinajstić information content (AvgIpc) is 2.22. The second kappa shape index (κ2) is 6.71. The standard InChI is InChI=1S/C14H23IN2/c1-11-6-5-7-12(13(11)15)10-16-8-9-17-14(2,3)4/h5-7,16-17H,8-10H2,1-4H3. The van der Waals surface area contributed by atoms with Crippen molar-refractivity contribution < 1.29 is 0 Å². The summed E-state index contributed by atoms with van der Waals surface area (Å²) in [5, 5.41) is 6.94. The van der Waals surface area contributed by atoms with Gasteiger partial charge in [-0.15, -0.1) is 0 Å². The van der Waals surface area contributed by atoms with E-state index in [-0.39, 0.29) is 5.54 Å². The summed E-state index contributed by atoms with van der Waals surface area (Å²) in [6, 6.07) is 6.48. The van der Waals surface area contributed by atoms with Crippen molar-refractivity contribution in [3.8, 4) is 0 Å². The Balaban J connectivity index is 2.29. The first-order valence-electron chi connectivity index (χ1n) is 6.10. The third-order valence-corrected chi connectivity index (χ3v) is 4.09. The van der Waals surface area contributed by atoms with Crippen molar-refractivity contribution in [2.75, 3.05) is 13.1 Å². The van der Waals surface area contributed by atoms with Crippen LogP contribution in [0.2, 0.25) is 0 Å². The van der Waals surface area contributed by atoms with E-state index in [1.165, 1.54) is 14.7 Å². The van der Waals surface area contributed by atoms with Crippen LogP contribution in [0.4, 0.5) is 0 Å². The topological polar surface area (TPSA) is 24.1 Å². The number of benzene rings is 1. The molecule has 0 aromatic heterocycles. The number of hydrogen-bond acceptors (Lipinski definition) is 2. The summed E-state index contributed by atoms with van der Waals surface area (Å²) in [4.78, 5) is 0. The SMILES string of the molecule is Cc1cccc(CNCCNC(C)(C)C)c1I. The fourth-order valence-corrected chi connectivity index (χ4v) is 2.14. The molecule has 2 nitrogen and oxygen atoms in total. The van der Waals surface area contributed by atoms with Gasteiger partial charge in [0.15, 0.2) is 0 Å². The van der Waals surface area contributed by atoms with Crippen molar-refractivity contribution in [3.63, 3.8) is 0 Å². The lowest BCUT2D eigenvalue weighted by molar-refractivity contribution is 0.421. The van der Waals surface area contributed by atoms with Gasteiger partial charge in [0.1, 0.15) is 0 Å². The van der Waals surface area contributed by atoms with Crippen LogP contribution in [-0.2, 0) is 6.54 Å². The molecule has 0 aliphatic carbocycles. The minimum absolute atomic E-state index is 0.208. The zero-order valence-electron chi connectivity index (χ0n) is 11.2. The molecule has 0 atom stereocenters. The van der Waals surface area contributed by atoms with Gasteiger partial charge in [0.25, 0.3) is 0 Å². The highest BCUT2D eigenvalue weighted by Crippen LogP contribution is 2.16. The monoisotopic (exact) mass is 346 g/mol. The molecule has 0 radical (unpaired) electrons. The van der Waals surface area contributed by atoms with E-state index in [4.69, 9.17) is 0 Å². The molecule has 0 fully saturated rings. The smallest absolute Gasteiger partial charge is 0.0216 e. The molecule has 0 unspecified atom stereocenters. The van der Waals surface area contributed by atoms with E-state index in [1.54, 1.807) is 0 Å². The van der Waals surface area contributed by atoms with Gasteiger partial charge in [0, 0.05) is 28.7 Å². The normalized spacial score (nSPS) is 11.8. The van der Waals surface area contributed by atoms with Gasteiger partial charge in [-0.2, -0.15) is 0 Å². The maximum absolute atomic E-state index is 3.48. The zero-order chi connectivity index (χ0) is 12.9. The van der Waals surface area contributed by atoms with Gasteiger partial charge in [0.05, 0.1) is 0 Å². The summed E-state index contributed by atoms with van der Waals surface area (Å²) < 4.78 is 1.38. The van der Waals surface area contributed by atoms with Gasteiger partial charge in [-0.25, -0.2) is 0 Å². The molecule has 0 aliphatic heterocycles. The summed E-state index contributed by atoms with van der Waals surface area (Å²) in [5.41, 5.74) is 2.96. The van der Waals surface area contributed by atoms with Crippen LogP contribution in [0.5, 0.6) is 0 Å². The molecular formula is C14H23IN2. The van der Waals surface area contributed by atoms with Gasteiger partial charge in [-0.05, 0) is 61.4 Å². The van der Waals surface area contributed by atoms with Gasteiger partial charge >= 0.3 is 0 Å². The van der Waals surface area contributed by atoms with Crippen molar-refractivity contribution in [2.24, 2.45) is 0 Å². The third-order valence-electron chi connectivity index (χ3n) is 2.54. The lowest BCUT2D eigenvalue weighted by Gasteiger charge is -2.20.